The van der Waals surface area contributed by atoms with E-state index in [0.29, 0.717) is 17.8 Å². The molecule has 0 fully saturated rings. The van der Waals surface area contributed by atoms with Gasteiger partial charge in [-0.1, -0.05) is 11.6 Å². The Morgan fingerprint density at radius 2 is 2.22 bits per heavy atom. The summed E-state index contributed by atoms with van der Waals surface area (Å²) >= 11 is 1.57. The number of aromatic nitrogens is 1. The van der Waals surface area contributed by atoms with Crippen LogP contribution in [0.4, 0.5) is 5.69 Å². The minimum atomic E-state index is -0.915. The van der Waals surface area contributed by atoms with Crippen LogP contribution in [0.5, 0.6) is 0 Å². The molecule has 5 heteroatoms. The third-order valence-electron chi connectivity index (χ3n) is 2.69. The zero-order valence-corrected chi connectivity index (χ0v) is 11.0. The minimum Gasteiger partial charge on any atom is -0.478 e. The Morgan fingerprint density at radius 3 is 2.83 bits per heavy atom. The fourth-order valence-corrected chi connectivity index (χ4v) is 2.38. The summed E-state index contributed by atoms with van der Waals surface area (Å²) in [5.74, 6) is -0.915. The molecule has 0 aliphatic rings. The molecule has 0 unspecified atom stereocenters. The van der Waals surface area contributed by atoms with Gasteiger partial charge in [0.25, 0.3) is 0 Å². The lowest BCUT2D eigenvalue weighted by Crippen LogP contribution is -2.06. The van der Waals surface area contributed by atoms with Gasteiger partial charge in [0.05, 0.1) is 23.3 Å². The fraction of sp³-hybridized carbons (Fsp3) is 0.231. The van der Waals surface area contributed by atoms with Crippen molar-refractivity contribution in [3.05, 3.63) is 45.4 Å². The summed E-state index contributed by atoms with van der Waals surface area (Å²) in [5.41, 5.74) is 4.65. The first-order valence-corrected chi connectivity index (χ1v) is 6.42. The quantitative estimate of drug-likeness (QED) is 0.889. The first-order valence-electron chi connectivity index (χ1n) is 5.54. The molecule has 4 nitrogen and oxygen atoms in total. The summed E-state index contributed by atoms with van der Waals surface area (Å²) in [4.78, 5) is 16.4. The molecule has 0 spiro atoms. The number of aromatic carboxylic acids is 1. The number of aryl methyl sites for hydroxylation is 2. The van der Waals surface area contributed by atoms with Crippen LogP contribution in [0.2, 0.25) is 0 Å². The summed E-state index contributed by atoms with van der Waals surface area (Å²) in [5, 5.41) is 12.3. The number of nitrogens with one attached hydrogen (secondary N) is 1. The van der Waals surface area contributed by atoms with Gasteiger partial charge in [-0.15, -0.1) is 11.3 Å². The Bertz CT molecular complexity index is 578. The zero-order chi connectivity index (χ0) is 13.1. The molecule has 0 saturated carbocycles. The fourth-order valence-electron chi connectivity index (χ4n) is 1.66. The van der Waals surface area contributed by atoms with E-state index in [1.807, 2.05) is 19.9 Å². The molecule has 94 valence electrons. The highest BCUT2D eigenvalue weighted by Gasteiger charge is 2.10. The van der Waals surface area contributed by atoms with E-state index in [0.717, 1.165) is 16.1 Å². The van der Waals surface area contributed by atoms with Gasteiger partial charge in [-0.3, -0.25) is 0 Å². The van der Waals surface area contributed by atoms with Gasteiger partial charge in [0, 0.05) is 10.6 Å². The number of anilines is 1. The molecule has 0 aliphatic carbocycles. The number of nitrogens with zero attached hydrogens (tertiary/aromatic N) is 1. The van der Waals surface area contributed by atoms with E-state index in [4.69, 9.17) is 5.11 Å². The lowest BCUT2D eigenvalue weighted by molar-refractivity contribution is 0.0698. The summed E-state index contributed by atoms with van der Waals surface area (Å²) in [7, 11) is 0. The molecular formula is C13H14N2O2S. The number of hydrogen-bond acceptors (Lipinski definition) is 4. The average Bonchev–Trinajstić information content (AvgIpc) is 2.73. The Hall–Kier alpha value is -1.88. The third-order valence-corrected chi connectivity index (χ3v) is 3.62. The van der Waals surface area contributed by atoms with Gasteiger partial charge in [-0.25, -0.2) is 9.78 Å². The highest BCUT2D eigenvalue weighted by molar-refractivity contribution is 7.09. The number of benzene rings is 1. The molecule has 2 rings (SSSR count). The Balaban J connectivity index is 2.19. The smallest absolute Gasteiger partial charge is 0.337 e. The number of carboxylic acid groups (broad SMARTS) is 1. The first kappa shape index (κ1) is 12.6. The minimum absolute atomic E-state index is 0.303. The molecule has 0 saturated heterocycles. The molecule has 0 amide bonds. The van der Waals surface area contributed by atoms with Gasteiger partial charge in [0.1, 0.15) is 0 Å². The number of thiazole rings is 1. The monoisotopic (exact) mass is 262 g/mol. The van der Waals surface area contributed by atoms with Crippen molar-refractivity contribution < 1.29 is 9.90 Å². The predicted molar refractivity (Wildman–Crippen MR) is 72.3 cm³/mol. The molecule has 0 atom stereocenters. The van der Waals surface area contributed by atoms with Crippen molar-refractivity contribution in [2.45, 2.75) is 20.4 Å². The van der Waals surface area contributed by atoms with Crippen LogP contribution in [0.3, 0.4) is 0 Å². The standard InChI is InChI=1S/C13H14N2O2S/c1-8-3-4-11(10(5-8)13(16)17)14-6-12-9(2)15-7-18-12/h3-5,7,14H,6H2,1-2H3,(H,16,17). The second-order valence-corrected chi connectivity index (χ2v) is 5.01. The normalized spacial score (nSPS) is 10.3. The molecule has 0 bridgehead atoms. The second-order valence-electron chi connectivity index (χ2n) is 4.07. The van der Waals surface area contributed by atoms with E-state index in [9.17, 15) is 4.79 Å². The summed E-state index contributed by atoms with van der Waals surface area (Å²) in [6.45, 7) is 4.42. The summed E-state index contributed by atoms with van der Waals surface area (Å²) < 4.78 is 0. The highest BCUT2D eigenvalue weighted by atomic mass is 32.1. The number of hydrogen-bond donors (Lipinski definition) is 2. The topological polar surface area (TPSA) is 62.2 Å². The van der Waals surface area contributed by atoms with Gasteiger partial charge < -0.3 is 10.4 Å². The van der Waals surface area contributed by atoms with Gasteiger partial charge in [-0.05, 0) is 26.0 Å². The molecule has 1 aromatic heterocycles. The van der Waals surface area contributed by atoms with E-state index >= 15 is 0 Å². The van der Waals surface area contributed by atoms with Crippen LogP contribution in [-0.2, 0) is 6.54 Å². The predicted octanol–water partition coefficient (Wildman–Crippen LogP) is 3.07. The summed E-state index contributed by atoms with van der Waals surface area (Å²) in [6, 6.07) is 5.37. The highest BCUT2D eigenvalue weighted by Crippen LogP contribution is 2.20. The Labute approximate surface area is 109 Å². The maximum Gasteiger partial charge on any atom is 0.337 e. The van der Waals surface area contributed by atoms with Crippen LogP contribution < -0.4 is 5.32 Å². The zero-order valence-electron chi connectivity index (χ0n) is 10.2. The van der Waals surface area contributed by atoms with Crippen LogP contribution in [0.15, 0.2) is 23.7 Å². The van der Waals surface area contributed by atoms with E-state index in [-0.39, 0.29) is 0 Å². The Morgan fingerprint density at radius 1 is 1.44 bits per heavy atom. The van der Waals surface area contributed by atoms with Crippen molar-refractivity contribution in [1.29, 1.82) is 0 Å². The average molecular weight is 262 g/mol. The molecule has 2 N–H and O–H groups in total. The molecule has 18 heavy (non-hydrogen) atoms. The number of carbonyl (C=O) groups is 1. The number of rotatable bonds is 4. The largest absolute Gasteiger partial charge is 0.478 e. The van der Waals surface area contributed by atoms with Crippen LogP contribution in [0.25, 0.3) is 0 Å². The van der Waals surface area contributed by atoms with Crippen molar-refractivity contribution >= 4 is 23.0 Å². The van der Waals surface area contributed by atoms with Crippen molar-refractivity contribution in [2.75, 3.05) is 5.32 Å². The van der Waals surface area contributed by atoms with Crippen LogP contribution in [0.1, 0.15) is 26.5 Å². The molecule has 2 aromatic rings. The lowest BCUT2D eigenvalue weighted by atomic mass is 10.1. The van der Waals surface area contributed by atoms with Gasteiger partial charge >= 0.3 is 5.97 Å². The molecule has 0 aliphatic heterocycles. The van der Waals surface area contributed by atoms with Crippen molar-refractivity contribution in [1.82, 2.24) is 4.98 Å². The SMILES string of the molecule is Cc1ccc(NCc2scnc2C)c(C(=O)O)c1. The van der Waals surface area contributed by atoms with Gasteiger partial charge in [0.2, 0.25) is 0 Å². The van der Waals surface area contributed by atoms with Crippen molar-refractivity contribution in [3.8, 4) is 0 Å². The lowest BCUT2D eigenvalue weighted by Gasteiger charge is -2.09. The maximum absolute atomic E-state index is 11.2. The van der Waals surface area contributed by atoms with Crippen LogP contribution >= 0.6 is 11.3 Å². The maximum atomic E-state index is 11.2. The first-order chi connectivity index (χ1) is 8.58. The second kappa shape index (κ2) is 5.18. The molecular weight excluding hydrogens is 248 g/mol. The van der Waals surface area contributed by atoms with Crippen molar-refractivity contribution in [3.63, 3.8) is 0 Å². The molecule has 1 heterocycles. The summed E-state index contributed by atoms with van der Waals surface area (Å²) in [6.07, 6.45) is 0. The Kier molecular flexibility index (Phi) is 3.62. The van der Waals surface area contributed by atoms with E-state index in [2.05, 4.69) is 10.3 Å². The number of carboxylic acids is 1. The van der Waals surface area contributed by atoms with E-state index in [1.54, 1.807) is 29.0 Å². The van der Waals surface area contributed by atoms with E-state index < -0.39 is 5.97 Å². The molecule has 0 radical (unpaired) electrons. The van der Waals surface area contributed by atoms with Gasteiger partial charge in [0.15, 0.2) is 0 Å². The van der Waals surface area contributed by atoms with Crippen LogP contribution in [0, 0.1) is 13.8 Å². The van der Waals surface area contributed by atoms with Crippen LogP contribution in [-0.4, -0.2) is 16.1 Å². The van der Waals surface area contributed by atoms with Crippen molar-refractivity contribution in [2.24, 2.45) is 0 Å². The van der Waals surface area contributed by atoms with E-state index in [1.165, 1.54) is 0 Å². The third kappa shape index (κ3) is 2.68. The van der Waals surface area contributed by atoms with Gasteiger partial charge in [-0.2, -0.15) is 0 Å². The molecule has 1 aromatic carbocycles.